The molecule has 6 nitrogen and oxygen atoms in total. The van der Waals surface area contributed by atoms with Gasteiger partial charge in [-0.25, -0.2) is 9.97 Å². The highest BCUT2D eigenvalue weighted by Gasteiger charge is 2.06. The Kier molecular flexibility index (Phi) is 3.27. The van der Waals surface area contributed by atoms with Crippen LogP contribution in [-0.2, 0) is 7.05 Å². The molecule has 0 aliphatic rings. The van der Waals surface area contributed by atoms with Crippen LogP contribution in [0.1, 0.15) is 5.56 Å². The monoisotopic (exact) mass is 281 g/mol. The van der Waals surface area contributed by atoms with Crippen molar-refractivity contribution >= 4 is 5.69 Å². The highest BCUT2D eigenvalue weighted by atomic mass is 16.5. The van der Waals surface area contributed by atoms with Gasteiger partial charge >= 0.3 is 6.01 Å². The molecular weight excluding hydrogens is 266 g/mol. The normalized spacial score (nSPS) is 10.6. The Morgan fingerprint density at radius 2 is 1.86 bits per heavy atom. The number of hydrogen-bond donors (Lipinski definition) is 1. The van der Waals surface area contributed by atoms with E-state index in [4.69, 9.17) is 10.5 Å². The zero-order valence-corrected chi connectivity index (χ0v) is 11.8. The van der Waals surface area contributed by atoms with Gasteiger partial charge in [0.05, 0.1) is 6.20 Å². The maximum Gasteiger partial charge on any atom is 0.321 e. The van der Waals surface area contributed by atoms with E-state index in [1.165, 1.54) is 0 Å². The van der Waals surface area contributed by atoms with E-state index in [1.807, 2.05) is 32.3 Å². The van der Waals surface area contributed by atoms with E-state index >= 15 is 0 Å². The van der Waals surface area contributed by atoms with Crippen molar-refractivity contribution in [3.8, 4) is 22.9 Å². The first-order chi connectivity index (χ1) is 10.1. The third-order valence-electron chi connectivity index (χ3n) is 3.07. The summed E-state index contributed by atoms with van der Waals surface area (Å²) in [5.74, 6) is 0.693. The standard InChI is InChI=1S/C15H15N5O/c1-10-5-13(16)3-4-14(10)21-15-17-6-11(7-18-15)12-8-19-20(2)9-12/h3-9H,16H2,1-2H3. The molecule has 2 aromatic heterocycles. The molecule has 3 aromatic rings. The second-order valence-corrected chi connectivity index (χ2v) is 4.78. The zero-order valence-electron chi connectivity index (χ0n) is 11.8. The summed E-state index contributed by atoms with van der Waals surface area (Å²) < 4.78 is 7.40. The molecule has 21 heavy (non-hydrogen) atoms. The van der Waals surface area contributed by atoms with Crippen LogP contribution in [0.3, 0.4) is 0 Å². The summed E-state index contributed by atoms with van der Waals surface area (Å²) in [6, 6.07) is 5.74. The number of nitrogen functional groups attached to an aromatic ring is 1. The number of nitrogens with zero attached hydrogens (tertiary/aromatic N) is 4. The summed E-state index contributed by atoms with van der Waals surface area (Å²) in [4.78, 5) is 8.44. The van der Waals surface area contributed by atoms with Crippen LogP contribution in [0.2, 0.25) is 0 Å². The zero-order chi connectivity index (χ0) is 14.8. The Labute approximate surface area is 122 Å². The van der Waals surface area contributed by atoms with Crippen LogP contribution >= 0.6 is 0 Å². The molecule has 1 aromatic carbocycles. The molecular formula is C15H15N5O. The fourth-order valence-corrected chi connectivity index (χ4v) is 1.97. The lowest BCUT2D eigenvalue weighted by Crippen LogP contribution is -1.94. The molecule has 0 amide bonds. The molecule has 0 aliphatic heterocycles. The van der Waals surface area contributed by atoms with Gasteiger partial charge in [-0.1, -0.05) is 0 Å². The van der Waals surface area contributed by atoms with Crippen molar-refractivity contribution in [2.45, 2.75) is 6.92 Å². The van der Waals surface area contributed by atoms with Crippen molar-refractivity contribution in [1.82, 2.24) is 19.7 Å². The lowest BCUT2D eigenvalue weighted by Gasteiger charge is -2.07. The Hall–Kier alpha value is -2.89. The van der Waals surface area contributed by atoms with Crippen LogP contribution in [0.15, 0.2) is 43.0 Å². The maximum atomic E-state index is 5.71. The minimum absolute atomic E-state index is 0.301. The average Bonchev–Trinajstić information content (AvgIpc) is 2.89. The van der Waals surface area contributed by atoms with Gasteiger partial charge in [0.2, 0.25) is 0 Å². The molecule has 0 fully saturated rings. The SMILES string of the molecule is Cc1cc(N)ccc1Oc1ncc(-c2cnn(C)c2)cn1. The summed E-state index contributed by atoms with van der Waals surface area (Å²) in [6.45, 7) is 1.93. The van der Waals surface area contributed by atoms with E-state index in [-0.39, 0.29) is 0 Å². The van der Waals surface area contributed by atoms with Crippen molar-refractivity contribution in [3.05, 3.63) is 48.5 Å². The summed E-state index contributed by atoms with van der Waals surface area (Å²) in [5, 5.41) is 4.12. The number of anilines is 1. The minimum Gasteiger partial charge on any atom is -0.424 e. The van der Waals surface area contributed by atoms with Gasteiger partial charge in [-0.2, -0.15) is 5.10 Å². The number of nitrogens with two attached hydrogens (primary N) is 1. The molecule has 106 valence electrons. The molecule has 0 saturated heterocycles. The maximum absolute atomic E-state index is 5.71. The molecule has 2 N–H and O–H groups in total. The largest absolute Gasteiger partial charge is 0.424 e. The molecule has 0 atom stereocenters. The fourth-order valence-electron chi connectivity index (χ4n) is 1.97. The number of ether oxygens (including phenoxy) is 1. The van der Waals surface area contributed by atoms with Crippen LogP contribution in [0.4, 0.5) is 5.69 Å². The Morgan fingerprint density at radius 1 is 1.10 bits per heavy atom. The molecule has 0 aliphatic carbocycles. The highest BCUT2D eigenvalue weighted by molar-refractivity contribution is 5.59. The highest BCUT2D eigenvalue weighted by Crippen LogP contribution is 2.25. The quantitative estimate of drug-likeness (QED) is 0.746. The molecule has 2 heterocycles. The number of aromatic nitrogens is 4. The van der Waals surface area contributed by atoms with Crippen LogP contribution < -0.4 is 10.5 Å². The molecule has 3 rings (SSSR count). The smallest absolute Gasteiger partial charge is 0.321 e. The van der Waals surface area contributed by atoms with Gasteiger partial charge in [-0.3, -0.25) is 4.68 Å². The molecule has 0 spiro atoms. The van der Waals surface area contributed by atoms with E-state index in [2.05, 4.69) is 15.1 Å². The van der Waals surface area contributed by atoms with Crippen molar-refractivity contribution < 1.29 is 4.74 Å². The van der Waals surface area contributed by atoms with Crippen molar-refractivity contribution in [2.24, 2.45) is 7.05 Å². The van der Waals surface area contributed by atoms with Crippen molar-refractivity contribution in [2.75, 3.05) is 5.73 Å². The molecule has 0 radical (unpaired) electrons. The van der Waals surface area contributed by atoms with E-state index in [0.717, 1.165) is 16.7 Å². The van der Waals surface area contributed by atoms with Crippen LogP contribution in [-0.4, -0.2) is 19.7 Å². The molecule has 6 heteroatoms. The second kappa shape index (κ2) is 5.24. The van der Waals surface area contributed by atoms with Crippen LogP contribution in [0.25, 0.3) is 11.1 Å². The Bertz CT molecular complexity index is 764. The van der Waals surface area contributed by atoms with Crippen molar-refractivity contribution in [1.29, 1.82) is 0 Å². The predicted octanol–water partition coefficient (Wildman–Crippen LogP) is 2.56. The first-order valence-corrected chi connectivity index (χ1v) is 6.47. The number of rotatable bonds is 3. The molecule has 0 unspecified atom stereocenters. The summed E-state index contributed by atoms with van der Waals surface area (Å²) in [6.07, 6.45) is 7.10. The minimum atomic E-state index is 0.301. The van der Waals surface area contributed by atoms with Gasteiger partial charge in [0, 0.05) is 42.5 Å². The van der Waals surface area contributed by atoms with E-state index in [1.54, 1.807) is 29.3 Å². The number of hydrogen-bond acceptors (Lipinski definition) is 5. The lowest BCUT2D eigenvalue weighted by atomic mass is 10.2. The average molecular weight is 281 g/mol. The van der Waals surface area contributed by atoms with Crippen molar-refractivity contribution in [3.63, 3.8) is 0 Å². The third kappa shape index (κ3) is 2.84. The van der Waals surface area contributed by atoms with Gasteiger partial charge in [0.1, 0.15) is 5.75 Å². The lowest BCUT2D eigenvalue weighted by molar-refractivity contribution is 0.439. The second-order valence-electron chi connectivity index (χ2n) is 4.78. The summed E-state index contributed by atoms with van der Waals surface area (Å²) >= 11 is 0. The molecule has 0 bridgehead atoms. The number of benzene rings is 1. The Morgan fingerprint density at radius 3 is 2.48 bits per heavy atom. The van der Waals surface area contributed by atoms with Crippen LogP contribution in [0.5, 0.6) is 11.8 Å². The topological polar surface area (TPSA) is 78.9 Å². The number of aryl methyl sites for hydroxylation is 2. The molecule has 0 saturated carbocycles. The van der Waals surface area contributed by atoms with E-state index in [9.17, 15) is 0 Å². The summed E-state index contributed by atoms with van der Waals surface area (Å²) in [5.41, 5.74) is 9.21. The van der Waals surface area contributed by atoms with E-state index in [0.29, 0.717) is 17.4 Å². The third-order valence-corrected chi connectivity index (χ3v) is 3.07. The van der Waals surface area contributed by atoms with Gasteiger partial charge in [0.15, 0.2) is 0 Å². The van der Waals surface area contributed by atoms with Gasteiger partial charge < -0.3 is 10.5 Å². The Balaban J connectivity index is 1.81. The first-order valence-electron chi connectivity index (χ1n) is 6.47. The predicted molar refractivity (Wildman–Crippen MR) is 79.9 cm³/mol. The van der Waals surface area contributed by atoms with Gasteiger partial charge in [-0.15, -0.1) is 0 Å². The van der Waals surface area contributed by atoms with E-state index < -0.39 is 0 Å². The van der Waals surface area contributed by atoms with Gasteiger partial charge in [-0.05, 0) is 30.7 Å². The van der Waals surface area contributed by atoms with Crippen LogP contribution in [0, 0.1) is 6.92 Å². The summed E-state index contributed by atoms with van der Waals surface area (Å²) in [7, 11) is 1.87. The fraction of sp³-hybridized carbons (Fsp3) is 0.133. The van der Waals surface area contributed by atoms with Gasteiger partial charge in [0.25, 0.3) is 0 Å². The first kappa shape index (κ1) is 13.1.